The molecule has 0 radical (unpaired) electrons. The Kier molecular flexibility index (Phi) is 2.90. The molecule has 1 aliphatic rings. The quantitative estimate of drug-likeness (QED) is 0.781. The van der Waals surface area contributed by atoms with Gasteiger partial charge in [-0.2, -0.15) is 0 Å². The Hall–Kier alpha value is -2.42. The predicted octanol–water partition coefficient (Wildman–Crippen LogP) is 3.90. The Morgan fingerprint density at radius 3 is 2.50 bits per heavy atom. The minimum Gasteiger partial charge on any atom is -0.333 e. The van der Waals surface area contributed by atoms with Gasteiger partial charge in [-0.1, -0.05) is 36.9 Å². The van der Waals surface area contributed by atoms with Gasteiger partial charge in [0.1, 0.15) is 5.82 Å². The highest BCUT2D eigenvalue weighted by molar-refractivity contribution is 5.88. The van der Waals surface area contributed by atoms with E-state index in [0.717, 1.165) is 28.3 Å². The molecule has 0 saturated heterocycles. The van der Waals surface area contributed by atoms with E-state index < -0.39 is 0 Å². The summed E-state index contributed by atoms with van der Waals surface area (Å²) in [4.78, 5) is 11.3. The average Bonchev–Trinajstić information content (AvgIpc) is 2.51. The van der Waals surface area contributed by atoms with Gasteiger partial charge in [-0.15, -0.1) is 0 Å². The Morgan fingerprint density at radius 1 is 1.10 bits per heavy atom. The lowest BCUT2D eigenvalue weighted by Crippen LogP contribution is -2.23. The maximum absolute atomic E-state index is 4.72. The topological polar surface area (TPSA) is 29.0 Å². The zero-order valence-electron chi connectivity index (χ0n) is 12.0. The summed E-state index contributed by atoms with van der Waals surface area (Å²) in [5.74, 6) is 1.67. The van der Waals surface area contributed by atoms with E-state index in [-0.39, 0.29) is 0 Å². The van der Waals surface area contributed by atoms with Crippen LogP contribution in [0.2, 0.25) is 0 Å². The lowest BCUT2D eigenvalue weighted by molar-refractivity contribution is 0.985. The van der Waals surface area contributed by atoms with E-state index in [4.69, 9.17) is 4.98 Å². The molecule has 0 atom stereocenters. The maximum atomic E-state index is 4.72. The average molecular weight is 263 g/mol. The van der Waals surface area contributed by atoms with Crippen molar-refractivity contribution >= 4 is 11.4 Å². The third-order valence-corrected chi connectivity index (χ3v) is 3.94. The minimum absolute atomic E-state index is 0.747. The SMILES string of the molecule is C=C1C(C)=C(C)N(C)c2nc(-c3ccccc3)ncc21. The zero-order valence-corrected chi connectivity index (χ0v) is 12.0. The number of aromatic nitrogens is 2. The molecule has 2 aromatic rings. The number of fused-ring (bicyclic) bond motifs is 1. The summed E-state index contributed by atoms with van der Waals surface area (Å²) >= 11 is 0. The van der Waals surface area contributed by atoms with Crippen LogP contribution < -0.4 is 4.90 Å². The van der Waals surface area contributed by atoms with E-state index >= 15 is 0 Å². The van der Waals surface area contributed by atoms with Gasteiger partial charge in [0, 0.05) is 30.1 Å². The van der Waals surface area contributed by atoms with Crippen LogP contribution in [0, 0.1) is 0 Å². The minimum atomic E-state index is 0.747. The third-order valence-electron chi connectivity index (χ3n) is 3.94. The van der Waals surface area contributed by atoms with Crippen molar-refractivity contribution in [2.24, 2.45) is 0 Å². The predicted molar refractivity (Wildman–Crippen MR) is 83.3 cm³/mol. The molecular formula is C17H17N3. The van der Waals surface area contributed by atoms with Crippen molar-refractivity contribution in [2.75, 3.05) is 11.9 Å². The first-order valence-corrected chi connectivity index (χ1v) is 6.63. The van der Waals surface area contributed by atoms with Crippen molar-refractivity contribution in [3.05, 3.63) is 59.9 Å². The van der Waals surface area contributed by atoms with E-state index in [0.29, 0.717) is 0 Å². The Morgan fingerprint density at radius 2 is 1.80 bits per heavy atom. The molecule has 1 aromatic heterocycles. The molecule has 2 heterocycles. The van der Waals surface area contributed by atoms with Crippen molar-refractivity contribution in [1.29, 1.82) is 0 Å². The Bertz CT molecular complexity index is 714. The van der Waals surface area contributed by atoms with Gasteiger partial charge >= 0.3 is 0 Å². The highest BCUT2D eigenvalue weighted by Gasteiger charge is 2.23. The molecule has 0 spiro atoms. The van der Waals surface area contributed by atoms with Gasteiger partial charge in [0.2, 0.25) is 0 Å². The van der Waals surface area contributed by atoms with Crippen LogP contribution in [0.15, 0.2) is 54.4 Å². The lowest BCUT2D eigenvalue weighted by Gasteiger charge is -2.30. The van der Waals surface area contributed by atoms with Crippen LogP contribution in [0.5, 0.6) is 0 Å². The second kappa shape index (κ2) is 4.60. The number of rotatable bonds is 1. The molecule has 0 unspecified atom stereocenters. The number of nitrogens with zero attached hydrogens (tertiary/aromatic N) is 3. The lowest BCUT2D eigenvalue weighted by atomic mass is 9.96. The van der Waals surface area contributed by atoms with Crippen molar-refractivity contribution in [3.63, 3.8) is 0 Å². The summed E-state index contributed by atoms with van der Waals surface area (Å²) in [5, 5.41) is 0. The molecular weight excluding hydrogens is 246 g/mol. The van der Waals surface area contributed by atoms with Crippen LogP contribution in [0.1, 0.15) is 19.4 Å². The molecule has 0 amide bonds. The van der Waals surface area contributed by atoms with E-state index in [1.165, 1.54) is 11.3 Å². The molecule has 0 saturated carbocycles. The van der Waals surface area contributed by atoms with Crippen LogP contribution in [0.25, 0.3) is 17.0 Å². The first-order chi connectivity index (χ1) is 9.59. The fourth-order valence-corrected chi connectivity index (χ4v) is 2.40. The van der Waals surface area contributed by atoms with Crippen molar-refractivity contribution in [2.45, 2.75) is 13.8 Å². The zero-order chi connectivity index (χ0) is 14.3. The summed E-state index contributed by atoms with van der Waals surface area (Å²) in [6.07, 6.45) is 1.87. The first kappa shape index (κ1) is 12.6. The second-order valence-corrected chi connectivity index (χ2v) is 5.04. The Labute approximate surface area is 119 Å². The number of hydrogen-bond donors (Lipinski definition) is 0. The van der Waals surface area contributed by atoms with Crippen LogP contribution in [0.4, 0.5) is 5.82 Å². The first-order valence-electron chi connectivity index (χ1n) is 6.63. The summed E-state index contributed by atoms with van der Waals surface area (Å²) in [6, 6.07) is 10.0. The normalized spacial score (nSPS) is 14.6. The fraction of sp³-hybridized carbons (Fsp3) is 0.176. The van der Waals surface area contributed by atoms with Gasteiger partial charge in [-0.25, -0.2) is 9.97 Å². The van der Waals surface area contributed by atoms with E-state index in [1.807, 2.05) is 43.6 Å². The molecule has 1 aromatic carbocycles. The molecule has 0 aliphatic carbocycles. The van der Waals surface area contributed by atoms with Gasteiger partial charge in [0.15, 0.2) is 5.82 Å². The smallest absolute Gasteiger partial charge is 0.161 e. The van der Waals surface area contributed by atoms with E-state index in [9.17, 15) is 0 Å². The molecule has 3 rings (SSSR count). The molecule has 3 heteroatoms. The summed E-state index contributed by atoms with van der Waals surface area (Å²) in [7, 11) is 2.03. The molecule has 0 bridgehead atoms. The van der Waals surface area contributed by atoms with Crippen molar-refractivity contribution < 1.29 is 0 Å². The standard InChI is InChI=1S/C17H17N3/c1-11-12(2)15-10-18-16(14-8-6-5-7-9-14)19-17(15)20(4)13(11)3/h5-10H,2H2,1,3-4H3. The van der Waals surface area contributed by atoms with Gasteiger partial charge in [-0.05, 0) is 25.0 Å². The van der Waals surface area contributed by atoms with Crippen LogP contribution in [-0.2, 0) is 0 Å². The van der Waals surface area contributed by atoms with Gasteiger partial charge in [0.25, 0.3) is 0 Å². The van der Waals surface area contributed by atoms with Gasteiger partial charge in [0.05, 0.1) is 0 Å². The van der Waals surface area contributed by atoms with E-state index in [1.54, 1.807) is 0 Å². The molecule has 0 fully saturated rings. The van der Waals surface area contributed by atoms with Gasteiger partial charge < -0.3 is 4.90 Å². The van der Waals surface area contributed by atoms with Crippen LogP contribution >= 0.6 is 0 Å². The third kappa shape index (κ3) is 1.83. The molecule has 100 valence electrons. The van der Waals surface area contributed by atoms with Crippen LogP contribution in [-0.4, -0.2) is 17.0 Å². The second-order valence-electron chi connectivity index (χ2n) is 5.04. The Balaban J connectivity index is 2.15. The summed E-state index contributed by atoms with van der Waals surface area (Å²) in [6.45, 7) is 8.34. The summed E-state index contributed by atoms with van der Waals surface area (Å²) < 4.78 is 0. The molecule has 3 nitrogen and oxygen atoms in total. The van der Waals surface area contributed by atoms with Gasteiger partial charge in [-0.3, -0.25) is 0 Å². The number of allylic oxidation sites excluding steroid dienone is 3. The maximum Gasteiger partial charge on any atom is 0.161 e. The molecule has 20 heavy (non-hydrogen) atoms. The largest absolute Gasteiger partial charge is 0.333 e. The number of benzene rings is 1. The number of hydrogen-bond acceptors (Lipinski definition) is 3. The highest BCUT2D eigenvalue weighted by Crippen LogP contribution is 2.37. The monoisotopic (exact) mass is 263 g/mol. The van der Waals surface area contributed by atoms with Crippen molar-refractivity contribution in [3.8, 4) is 11.4 Å². The fourth-order valence-electron chi connectivity index (χ4n) is 2.40. The van der Waals surface area contributed by atoms with Crippen LogP contribution in [0.3, 0.4) is 0 Å². The molecule has 0 N–H and O–H groups in total. The highest BCUT2D eigenvalue weighted by atomic mass is 15.2. The van der Waals surface area contributed by atoms with Crippen molar-refractivity contribution in [1.82, 2.24) is 9.97 Å². The summed E-state index contributed by atoms with van der Waals surface area (Å²) in [5.41, 5.74) is 5.42. The number of anilines is 1. The van der Waals surface area contributed by atoms with E-state index in [2.05, 4.69) is 30.3 Å². The molecule has 1 aliphatic heterocycles.